The van der Waals surface area contributed by atoms with Crippen LogP contribution in [0, 0.1) is 5.82 Å². The summed E-state index contributed by atoms with van der Waals surface area (Å²) in [5.41, 5.74) is 1.60. The summed E-state index contributed by atoms with van der Waals surface area (Å²) in [6.45, 7) is 0.786. The standard InChI is InChI=1S/C19H13Cl3FN5OS/c20-13-5-24-27(8-13)6-11-3-17(30-10-11)19(29)25-18-16(22)9-28(26-18)7-12-1-2-14(23)4-15(12)21/h1-5,8-10H,6-7H2,(H,25,26,29). The maximum absolute atomic E-state index is 13.2. The third-order valence-corrected chi connectivity index (χ3v) is 5.92. The van der Waals surface area contributed by atoms with Crippen molar-refractivity contribution in [2.75, 3.05) is 5.32 Å². The fourth-order valence-corrected chi connectivity index (χ4v) is 4.13. The quantitative estimate of drug-likeness (QED) is 0.388. The SMILES string of the molecule is O=C(Nc1nn(Cc2ccc(F)cc2Cl)cc1Cl)c1cc(Cn2cc(Cl)cn2)cs1. The highest BCUT2D eigenvalue weighted by Gasteiger charge is 2.15. The Balaban J connectivity index is 1.43. The van der Waals surface area contributed by atoms with Crippen LogP contribution in [-0.4, -0.2) is 25.5 Å². The van der Waals surface area contributed by atoms with Crippen LogP contribution in [0.5, 0.6) is 0 Å². The Morgan fingerprint density at radius 3 is 2.67 bits per heavy atom. The van der Waals surface area contributed by atoms with Crippen molar-refractivity contribution in [2.24, 2.45) is 0 Å². The first-order valence-electron chi connectivity index (χ1n) is 8.61. The lowest BCUT2D eigenvalue weighted by molar-refractivity contribution is 0.103. The molecule has 3 heterocycles. The van der Waals surface area contributed by atoms with Gasteiger partial charge in [0.25, 0.3) is 5.91 Å². The number of aromatic nitrogens is 4. The average Bonchev–Trinajstić information content (AvgIpc) is 3.40. The zero-order chi connectivity index (χ0) is 21.3. The van der Waals surface area contributed by atoms with Crippen molar-refractivity contribution in [3.8, 4) is 0 Å². The Morgan fingerprint density at radius 2 is 1.93 bits per heavy atom. The monoisotopic (exact) mass is 483 g/mol. The van der Waals surface area contributed by atoms with Crippen LogP contribution in [0.25, 0.3) is 0 Å². The second kappa shape index (κ2) is 8.77. The third-order valence-electron chi connectivity index (χ3n) is 4.12. The van der Waals surface area contributed by atoms with Gasteiger partial charge in [-0.1, -0.05) is 40.9 Å². The number of carbonyl (C=O) groups is 1. The second-order valence-electron chi connectivity index (χ2n) is 6.39. The predicted molar refractivity (Wildman–Crippen MR) is 116 cm³/mol. The molecule has 11 heteroatoms. The number of anilines is 1. The Hall–Kier alpha value is -2.39. The van der Waals surface area contributed by atoms with Gasteiger partial charge in [0.1, 0.15) is 10.8 Å². The van der Waals surface area contributed by atoms with Crippen LogP contribution in [0.2, 0.25) is 15.1 Å². The first-order chi connectivity index (χ1) is 14.4. The molecule has 4 aromatic rings. The normalized spacial score (nSPS) is 11.1. The Morgan fingerprint density at radius 1 is 1.10 bits per heavy atom. The highest BCUT2D eigenvalue weighted by atomic mass is 35.5. The van der Waals surface area contributed by atoms with E-state index in [1.165, 1.54) is 28.2 Å². The lowest BCUT2D eigenvalue weighted by Gasteiger charge is -2.04. The largest absolute Gasteiger partial charge is 0.303 e. The van der Waals surface area contributed by atoms with E-state index in [0.29, 0.717) is 22.0 Å². The van der Waals surface area contributed by atoms with Crippen LogP contribution in [0.3, 0.4) is 0 Å². The number of hydrogen-bond acceptors (Lipinski definition) is 4. The molecule has 0 atom stereocenters. The molecule has 0 fully saturated rings. The van der Waals surface area contributed by atoms with Crippen molar-refractivity contribution in [3.63, 3.8) is 0 Å². The Bertz CT molecular complexity index is 1220. The Labute approximate surface area is 189 Å². The highest BCUT2D eigenvalue weighted by molar-refractivity contribution is 7.12. The fraction of sp³-hybridized carbons (Fsp3) is 0.105. The number of nitrogens with zero attached hydrogens (tertiary/aromatic N) is 4. The van der Waals surface area contributed by atoms with Crippen molar-refractivity contribution in [1.29, 1.82) is 0 Å². The minimum atomic E-state index is -0.416. The molecule has 0 aliphatic heterocycles. The van der Waals surface area contributed by atoms with Gasteiger partial charge in [0.15, 0.2) is 5.82 Å². The van der Waals surface area contributed by atoms with Gasteiger partial charge in [-0.15, -0.1) is 11.3 Å². The molecular weight excluding hydrogens is 472 g/mol. The van der Waals surface area contributed by atoms with Crippen LogP contribution >= 0.6 is 46.1 Å². The molecule has 154 valence electrons. The van der Waals surface area contributed by atoms with E-state index >= 15 is 0 Å². The predicted octanol–water partition coefficient (Wildman–Crippen LogP) is 5.59. The van der Waals surface area contributed by atoms with Crippen molar-refractivity contribution in [3.05, 3.63) is 85.1 Å². The molecule has 0 bridgehead atoms. The van der Waals surface area contributed by atoms with Gasteiger partial charge in [0.05, 0.1) is 29.2 Å². The maximum atomic E-state index is 13.2. The van der Waals surface area contributed by atoms with E-state index in [4.69, 9.17) is 34.8 Å². The van der Waals surface area contributed by atoms with Gasteiger partial charge in [-0.3, -0.25) is 14.2 Å². The van der Waals surface area contributed by atoms with E-state index in [-0.39, 0.29) is 28.3 Å². The molecule has 0 aliphatic rings. The van der Waals surface area contributed by atoms with Crippen LogP contribution in [0.4, 0.5) is 10.2 Å². The maximum Gasteiger partial charge on any atom is 0.266 e. The summed E-state index contributed by atoms with van der Waals surface area (Å²) in [4.78, 5) is 13.1. The van der Waals surface area contributed by atoms with Crippen LogP contribution in [0.15, 0.2) is 48.2 Å². The molecule has 0 saturated heterocycles. The van der Waals surface area contributed by atoms with E-state index in [0.717, 1.165) is 5.56 Å². The molecule has 1 amide bonds. The van der Waals surface area contributed by atoms with Crippen LogP contribution in [-0.2, 0) is 13.1 Å². The minimum absolute atomic E-state index is 0.230. The van der Waals surface area contributed by atoms with Gasteiger partial charge in [-0.25, -0.2) is 4.39 Å². The zero-order valence-corrected chi connectivity index (χ0v) is 18.2. The van der Waals surface area contributed by atoms with E-state index in [2.05, 4.69) is 15.5 Å². The Kier molecular flexibility index (Phi) is 6.10. The average molecular weight is 485 g/mol. The van der Waals surface area contributed by atoms with Gasteiger partial charge in [-0.05, 0) is 34.7 Å². The van der Waals surface area contributed by atoms with E-state index in [9.17, 15) is 9.18 Å². The summed E-state index contributed by atoms with van der Waals surface area (Å²) >= 11 is 19.4. The molecule has 0 aliphatic carbocycles. The molecule has 30 heavy (non-hydrogen) atoms. The zero-order valence-electron chi connectivity index (χ0n) is 15.2. The molecule has 1 aromatic carbocycles. The fourth-order valence-electron chi connectivity index (χ4n) is 2.75. The van der Waals surface area contributed by atoms with Crippen LogP contribution in [0.1, 0.15) is 20.8 Å². The number of hydrogen-bond donors (Lipinski definition) is 1. The summed E-state index contributed by atoms with van der Waals surface area (Å²) < 4.78 is 16.4. The van der Waals surface area contributed by atoms with Crippen molar-refractivity contribution in [2.45, 2.75) is 13.1 Å². The summed E-state index contributed by atoms with van der Waals surface area (Å²) in [6.07, 6.45) is 4.83. The van der Waals surface area contributed by atoms with Gasteiger partial charge in [-0.2, -0.15) is 10.2 Å². The minimum Gasteiger partial charge on any atom is -0.303 e. The lowest BCUT2D eigenvalue weighted by Crippen LogP contribution is -2.12. The molecule has 0 unspecified atom stereocenters. The number of thiophene rings is 1. The first-order valence-corrected chi connectivity index (χ1v) is 10.6. The van der Waals surface area contributed by atoms with Gasteiger partial charge >= 0.3 is 0 Å². The third kappa shape index (κ3) is 4.84. The smallest absolute Gasteiger partial charge is 0.266 e. The first kappa shape index (κ1) is 20.9. The summed E-state index contributed by atoms with van der Waals surface area (Å²) in [5, 5.41) is 14.1. The molecule has 4 rings (SSSR count). The number of carbonyl (C=O) groups excluding carboxylic acids is 1. The molecule has 0 saturated carbocycles. The van der Waals surface area contributed by atoms with Crippen molar-refractivity contribution < 1.29 is 9.18 Å². The molecule has 6 nitrogen and oxygen atoms in total. The highest BCUT2D eigenvalue weighted by Crippen LogP contribution is 2.24. The van der Waals surface area contributed by atoms with Crippen molar-refractivity contribution >= 4 is 57.9 Å². The van der Waals surface area contributed by atoms with E-state index < -0.39 is 5.82 Å². The summed E-state index contributed by atoms with van der Waals surface area (Å²) in [6, 6.07) is 5.90. The molecular formula is C19H13Cl3FN5OS. The molecule has 0 radical (unpaired) electrons. The van der Waals surface area contributed by atoms with Crippen LogP contribution < -0.4 is 5.32 Å². The van der Waals surface area contributed by atoms with E-state index in [1.807, 2.05) is 5.38 Å². The van der Waals surface area contributed by atoms with Gasteiger partial charge < -0.3 is 5.32 Å². The summed E-state index contributed by atoms with van der Waals surface area (Å²) in [7, 11) is 0. The lowest BCUT2D eigenvalue weighted by atomic mass is 10.2. The topological polar surface area (TPSA) is 64.7 Å². The number of halogens is 4. The number of nitrogens with one attached hydrogen (secondary N) is 1. The van der Waals surface area contributed by atoms with Crippen molar-refractivity contribution in [1.82, 2.24) is 19.6 Å². The number of rotatable bonds is 6. The molecule has 0 spiro atoms. The number of benzene rings is 1. The second-order valence-corrected chi connectivity index (χ2v) is 8.55. The van der Waals surface area contributed by atoms with E-state index in [1.54, 1.807) is 35.4 Å². The molecule has 3 aromatic heterocycles. The number of amides is 1. The summed E-state index contributed by atoms with van der Waals surface area (Å²) in [5.74, 6) is -0.508. The molecule has 1 N–H and O–H groups in total. The van der Waals surface area contributed by atoms with Gasteiger partial charge in [0, 0.05) is 17.4 Å². The van der Waals surface area contributed by atoms with Gasteiger partial charge in [0.2, 0.25) is 0 Å².